The van der Waals surface area contributed by atoms with Gasteiger partial charge in [0.2, 0.25) is 0 Å². The van der Waals surface area contributed by atoms with Crippen LogP contribution in [0.25, 0.3) is 10.1 Å². The van der Waals surface area contributed by atoms with Crippen molar-refractivity contribution in [3.05, 3.63) is 87.7 Å². The number of carbonyl (C=O) groups is 2. The highest BCUT2D eigenvalue weighted by Crippen LogP contribution is 2.39. The molecule has 1 heterocycles. The van der Waals surface area contributed by atoms with Crippen molar-refractivity contribution >= 4 is 73.6 Å². The SMILES string of the molecule is CC(C)N(c1ccccc1)c1ccc(NC(=O)COC(=O)c2sc3c(Cl)cccc3c2Cl)cc1. The number of ether oxygens (including phenoxy) is 1. The van der Waals surface area contributed by atoms with Crippen molar-refractivity contribution in [1.82, 2.24) is 0 Å². The van der Waals surface area contributed by atoms with Crippen molar-refractivity contribution in [3.8, 4) is 0 Å². The third-order valence-electron chi connectivity index (χ3n) is 5.11. The second-order valence-electron chi connectivity index (χ2n) is 7.83. The minimum Gasteiger partial charge on any atom is -0.451 e. The maximum absolute atomic E-state index is 12.5. The Labute approximate surface area is 211 Å². The van der Waals surface area contributed by atoms with Gasteiger partial charge in [-0.05, 0) is 56.3 Å². The molecule has 8 heteroatoms. The van der Waals surface area contributed by atoms with Crippen LogP contribution < -0.4 is 10.2 Å². The Bertz CT molecular complexity index is 1320. The summed E-state index contributed by atoms with van der Waals surface area (Å²) in [5.41, 5.74) is 2.69. The first-order valence-electron chi connectivity index (χ1n) is 10.6. The number of esters is 1. The molecule has 0 radical (unpaired) electrons. The van der Waals surface area contributed by atoms with E-state index in [9.17, 15) is 9.59 Å². The van der Waals surface area contributed by atoms with Crippen LogP contribution in [0.4, 0.5) is 17.1 Å². The third kappa shape index (κ3) is 5.20. The van der Waals surface area contributed by atoms with Crippen LogP contribution >= 0.6 is 34.5 Å². The zero-order chi connectivity index (χ0) is 24.2. The third-order valence-corrected chi connectivity index (χ3v) is 7.26. The van der Waals surface area contributed by atoms with E-state index in [0.717, 1.165) is 22.7 Å². The predicted molar refractivity (Wildman–Crippen MR) is 141 cm³/mol. The number of anilines is 3. The molecule has 4 rings (SSSR count). The van der Waals surface area contributed by atoms with Gasteiger partial charge in [-0.3, -0.25) is 4.79 Å². The number of hydrogen-bond acceptors (Lipinski definition) is 5. The van der Waals surface area contributed by atoms with Crippen LogP contribution in [-0.4, -0.2) is 24.5 Å². The van der Waals surface area contributed by atoms with Crippen LogP contribution in [0, 0.1) is 0 Å². The van der Waals surface area contributed by atoms with Crippen LogP contribution in [-0.2, 0) is 9.53 Å². The molecule has 0 spiro atoms. The molecule has 1 amide bonds. The van der Waals surface area contributed by atoms with E-state index in [-0.39, 0.29) is 15.9 Å². The van der Waals surface area contributed by atoms with Gasteiger partial charge < -0.3 is 15.0 Å². The second-order valence-corrected chi connectivity index (χ2v) is 9.64. The molecular weight excluding hydrogens is 491 g/mol. The van der Waals surface area contributed by atoms with Gasteiger partial charge in [-0.2, -0.15) is 0 Å². The number of carbonyl (C=O) groups excluding carboxylic acids is 2. The van der Waals surface area contributed by atoms with Gasteiger partial charge in [-0.15, -0.1) is 11.3 Å². The summed E-state index contributed by atoms with van der Waals surface area (Å²) in [4.78, 5) is 27.3. The number of amides is 1. The fourth-order valence-corrected chi connectivity index (χ4v) is 5.31. The summed E-state index contributed by atoms with van der Waals surface area (Å²) < 4.78 is 5.89. The number of para-hydroxylation sites is 1. The van der Waals surface area contributed by atoms with Crippen LogP contribution in [0.15, 0.2) is 72.8 Å². The van der Waals surface area contributed by atoms with E-state index >= 15 is 0 Å². The molecule has 0 saturated carbocycles. The Morgan fingerprint density at radius 3 is 2.26 bits per heavy atom. The van der Waals surface area contributed by atoms with Crippen molar-refractivity contribution in [2.45, 2.75) is 19.9 Å². The molecule has 1 N–H and O–H groups in total. The number of hydrogen-bond donors (Lipinski definition) is 1. The Morgan fingerprint density at radius 2 is 1.62 bits per heavy atom. The predicted octanol–water partition coefficient (Wildman–Crippen LogP) is 7.55. The number of halogens is 2. The molecule has 34 heavy (non-hydrogen) atoms. The number of thiophene rings is 1. The highest BCUT2D eigenvalue weighted by atomic mass is 35.5. The van der Waals surface area contributed by atoms with E-state index in [4.69, 9.17) is 27.9 Å². The Balaban J connectivity index is 1.38. The van der Waals surface area contributed by atoms with Gasteiger partial charge in [-0.25, -0.2) is 4.79 Å². The van der Waals surface area contributed by atoms with Gasteiger partial charge in [0.15, 0.2) is 6.61 Å². The fourth-order valence-electron chi connectivity index (χ4n) is 3.62. The first-order valence-corrected chi connectivity index (χ1v) is 12.2. The summed E-state index contributed by atoms with van der Waals surface area (Å²) in [6.07, 6.45) is 0. The van der Waals surface area contributed by atoms with Gasteiger partial charge in [-0.1, -0.05) is 53.5 Å². The molecule has 0 aliphatic rings. The highest BCUT2D eigenvalue weighted by Gasteiger charge is 2.21. The van der Waals surface area contributed by atoms with E-state index in [1.165, 1.54) is 0 Å². The molecule has 0 fully saturated rings. The normalized spacial score (nSPS) is 11.0. The van der Waals surface area contributed by atoms with Crippen LogP contribution in [0.2, 0.25) is 10.0 Å². The van der Waals surface area contributed by atoms with Crippen LogP contribution in [0.5, 0.6) is 0 Å². The monoisotopic (exact) mass is 512 g/mol. The lowest BCUT2D eigenvalue weighted by atomic mass is 10.2. The molecule has 0 aliphatic heterocycles. The minimum absolute atomic E-state index is 0.219. The number of fused-ring (bicyclic) bond motifs is 1. The molecule has 0 unspecified atom stereocenters. The molecule has 0 bridgehead atoms. The molecule has 0 atom stereocenters. The van der Waals surface area contributed by atoms with E-state index in [1.807, 2.05) is 42.5 Å². The van der Waals surface area contributed by atoms with Gasteiger partial charge in [0.05, 0.1) is 14.7 Å². The Hall–Kier alpha value is -3.06. The molecular formula is C26H22Cl2N2O3S. The quantitative estimate of drug-likeness (QED) is 0.259. The largest absolute Gasteiger partial charge is 0.451 e. The summed E-state index contributed by atoms with van der Waals surface area (Å²) in [6.45, 7) is 3.81. The Kier molecular flexibility index (Phi) is 7.41. The van der Waals surface area contributed by atoms with E-state index in [1.54, 1.807) is 18.2 Å². The number of rotatable bonds is 7. The summed E-state index contributed by atoms with van der Waals surface area (Å²) in [5.74, 6) is -1.11. The summed E-state index contributed by atoms with van der Waals surface area (Å²) in [5, 5.41) is 4.21. The lowest BCUT2D eigenvalue weighted by Gasteiger charge is -2.29. The van der Waals surface area contributed by atoms with E-state index in [2.05, 4.69) is 36.2 Å². The zero-order valence-electron chi connectivity index (χ0n) is 18.5. The van der Waals surface area contributed by atoms with Gasteiger partial charge in [0.1, 0.15) is 4.88 Å². The number of benzene rings is 3. The smallest absolute Gasteiger partial charge is 0.350 e. The lowest BCUT2D eigenvalue weighted by molar-refractivity contribution is -0.119. The molecule has 4 aromatic rings. The minimum atomic E-state index is -0.664. The average molecular weight is 513 g/mol. The molecule has 3 aromatic carbocycles. The lowest BCUT2D eigenvalue weighted by Crippen LogP contribution is -2.25. The fraction of sp³-hybridized carbons (Fsp3) is 0.154. The van der Waals surface area contributed by atoms with Crippen LogP contribution in [0.1, 0.15) is 23.5 Å². The molecule has 1 aromatic heterocycles. The maximum atomic E-state index is 12.5. The van der Waals surface area contributed by atoms with Crippen molar-refractivity contribution in [2.24, 2.45) is 0 Å². The van der Waals surface area contributed by atoms with Crippen molar-refractivity contribution in [1.29, 1.82) is 0 Å². The number of nitrogens with one attached hydrogen (secondary N) is 1. The molecule has 0 saturated heterocycles. The van der Waals surface area contributed by atoms with E-state index in [0.29, 0.717) is 20.8 Å². The molecule has 0 aliphatic carbocycles. The Morgan fingerprint density at radius 1 is 0.941 bits per heavy atom. The van der Waals surface area contributed by atoms with Crippen molar-refractivity contribution in [3.63, 3.8) is 0 Å². The standard InChI is InChI=1S/C26H22Cl2N2O3S/c1-16(2)30(18-7-4-3-5-8-18)19-13-11-17(12-14-19)29-22(31)15-33-26(32)25-23(28)20-9-6-10-21(27)24(20)34-25/h3-14,16H,15H2,1-2H3,(H,29,31). The van der Waals surface area contributed by atoms with Crippen molar-refractivity contribution < 1.29 is 14.3 Å². The summed E-state index contributed by atoms with van der Waals surface area (Å²) >= 11 is 13.6. The first kappa shape index (κ1) is 24.1. The van der Waals surface area contributed by atoms with Crippen LogP contribution in [0.3, 0.4) is 0 Å². The average Bonchev–Trinajstić information content (AvgIpc) is 3.17. The summed E-state index contributed by atoms with van der Waals surface area (Å²) in [7, 11) is 0. The molecule has 174 valence electrons. The number of nitrogens with zero attached hydrogens (tertiary/aromatic N) is 1. The highest BCUT2D eigenvalue weighted by molar-refractivity contribution is 7.22. The van der Waals surface area contributed by atoms with Gasteiger partial charge >= 0.3 is 5.97 Å². The van der Waals surface area contributed by atoms with Gasteiger partial charge in [0.25, 0.3) is 5.91 Å². The van der Waals surface area contributed by atoms with E-state index < -0.39 is 18.5 Å². The molecule has 5 nitrogen and oxygen atoms in total. The topological polar surface area (TPSA) is 58.6 Å². The maximum Gasteiger partial charge on any atom is 0.350 e. The zero-order valence-corrected chi connectivity index (χ0v) is 20.9. The van der Waals surface area contributed by atoms with Crippen molar-refractivity contribution in [2.75, 3.05) is 16.8 Å². The first-order chi connectivity index (χ1) is 16.3. The van der Waals surface area contributed by atoms with Gasteiger partial charge in [0, 0.05) is 28.5 Å². The summed E-state index contributed by atoms with van der Waals surface area (Å²) in [6, 6.07) is 23.1. The second kappa shape index (κ2) is 10.5.